The van der Waals surface area contributed by atoms with E-state index >= 15 is 0 Å². The first-order valence-electron chi connectivity index (χ1n) is 7.46. The van der Waals surface area contributed by atoms with Gasteiger partial charge in [-0.3, -0.25) is 0 Å². The van der Waals surface area contributed by atoms with E-state index in [9.17, 15) is 0 Å². The maximum atomic E-state index is 6.59. The van der Waals surface area contributed by atoms with E-state index in [1.165, 1.54) is 11.1 Å². The molecule has 3 heteroatoms. The Bertz CT molecular complexity index is 627. The lowest BCUT2D eigenvalue weighted by Gasteiger charge is -2.25. The highest BCUT2D eigenvalue weighted by molar-refractivity contribution is 6.30. The van der Waals surface area contributed by atoms with Gasteiger partial charge in [0.2, 0.25) is 0 Å². The van der Waals surface area contributed by atoms with Gasteiger partial charge in [-0.05, 0) is 29.7 Å². The van der Waals surface area contributed by atoms with Crippen molar-refractivity contribution in [2.45, 2.75) is 31.7 Å². The van der Waals surface area contributed by atoms with Gasteiger partial charge in [0, 0.05) is 29.0 Å². The topological polar surface area (TPSA) is 35.2 Å². The molecular formula is C18H20ClNO. The van der Waals surface area contributed by atoms with E-state index in [2.05, 4.69) is 31.2 Å². The molecule has 21 heavy (non-hydrogen) atoms. The molecule has 2 unspecified atom stereocenters. The minimum absolute atomic E-state index is 0.108. The Labute approximate surface area is 130 Å². The van der Waals surface area contributed by atoms with E-state index < -0.39 is 0 Å². The van der Waals surface area contributed by atoms with Crippen LogP contribution < -0.4 is 10.5 Å². The second-order valence-electron chi connectivity index (χ2n) is 5.53. The third-order valence-corrected chi connectivity index (χ3v) is 4.46. The van der Waals surface area contributed by atoms with E-state index in [0.29, 0.717) is 0 Å². The molecule has 1 aliphatic rings. The van der Waals surface area contributed by atoms with E-state index in [4.69, 9.17) is 22.1 Å². The summed E-state index contributed by atoms with van der Waals surface area (Å²) in [5.41, 5.74) is 10.1. The van der Waals surface area contributed by atoms with Gasteiger partial charge in [0.1, 0.15) is 5.75 Å². The molecule has 0 saturated heterocycles. The highest BCUT2D eigenvalue weighted by Crippen LogP contribution is 2.41. The minimum Gasteiger partial charge on any atom is -0.493 e. The molecule has 0 spiro atoms. The standard InChI is InChI=1S/C18H20ClNO/c1-2-15(12-6-4-3-5-7-12)17(20)16-11-14(19)10-13-8-9-21-18(13)16/h3-7,10-11,15,17H,2,8-9,20H2,1H3. The summed E-state index contributed by atoms with van der Waals surface area (Å²) in [6.45, 7) is 2.89. The van der Waals surface area contributed by atoms with Crippen molar-refractivity contribution in [3.63, 3.8) is 0 Å². The first-order chi connectivity index (χ1) is 10.2. The molecule has 2 nitrogen and oxygen atoms in total. The van der Waals surface area contributed by atoms with E-state index in [1.54, 1.807) is 0 Å². The predicted octanol–water partition coefficient (Wildman–Crippen LogP) is 4.47. The molecule has 2 aromatic carbocycles. The molecular weight excluding hydrogens is 282 g/mol. The van der Waals surface area contributed by atoms with Crippen LogP contribution in [0.5, 0.6) is 5.75 Å². The Morgan fingerprint density at radius 2 is 2.00 bits per heavy atom. The third kappa shape index (κ3) is 2.78. The van der Waals surface area contributed by atoms with Gasteiger partial charge >= 0.3 is 0 Å². The molecule has 0 bridgehead atoms. The molecule has 0 radical (unpaired) electrons. The Balaban J connectivity index is 2.00. The van der Waals surface area contributed by atoms with Crippen LogP contribution in [0.25, 0.3) is 0 Å². The molecule has 1 aliphatic heterocycles. The zero-order valence-corrected chi connectivity index (χ0v) is 12.9. The van der Waals surface area contributed by atoms with Gasteiger partial charge in [-0.1, -0.05) is 48.9 Å². The van der Waals surface area contributed by atoms with E-state index in [1.807, 2.05) is 18.2 Å². The number of halogens is 1. The SMILES string of the molecule is CCC(c1ccccc1)C(N)c1cc(Cl)cc2c1OCC2. The molecule has 0 fully saturated rings. The predicted molar refractivity (Wildman–Crippen MR) is 87.1 cm³/mol. The van der Waals surface area contributed by atoms with Crippen LogP contribution in [-0.2, 0) is 6.42 Å². The van der Waals surface area contributed by atoms with Gasteiger partial charge in [-0.2, -0.15) is 0 Å². The summed E-state index contributed by atoms with van der Waals surface area (Å²) in [5.74, 6) is 1.21. The summed E-state index contributed by atoms with van der Waals surface area (Å²) in [4.78, 5) is 0. The lowest BCUT2D eigenvalue weighted by atomic mass is 9.85. The Morgan fingerprint density at radius 3 is 2.71 bits per heavy atom. The van der Waals surface area contributed by atoms with Crippen molar-refractivity contribution in [3.8, 4) is 5.75 Å². The molecule has 0 saturated carbocycles. The zero-order chi connectivity index (χ0) is 14.8. The fourth-order valence-electron chi connectivity index (χ4n) is 3.16. The summed E-state index contributed by atoms with van der Waals surface area (Å²) in [7, 11) is 0. The van der Waals surface area contributed by atoms with Crippen LogP contribution in [0.3, 0.4) is 0 Å². The number of hydrogen-bond acceptors (Lipinski definition) is 2. The number of fused-ring (bicyclic) bond motifs is 1. The molecule has 0 amide bonds. The van der Waals surface area contributed by atoms with Crippen LogP contribution in [0, 0.1) is 0 Å². The minimum atomic E-state index is -0.108. The quantitative estimate of drug-likeness (QED) is 0.904. The van der Waals surface area contributed by atoms with Crippen LogP contribution in [0.15, 0.2) is 42.5 Å². The van der Waals surface area contributed by atoms with E-state index in [-0.39, 0.29) is 12.0 Å². The smallest absolute Gasteiger partial charge is 0.127 e. The van der Waals surface area contributed by atoms with Gasteiger partial charge in [-0.25, -0.2) is 0 Å². The molecule has 1 heterocycles. The second-order valence-corrected chi connectivity index (χ2v) is 5.97. The molecule has 2 N–H and O–H groups in total. The average Bonchev–Trinajstić information content (AvgIpc) is 2.96. The Kier molecular flexibility index (Phi) is 4.18. The van der Waals surface area contributed by atoms with Crippen molar-refractivity contribution in [2.75, 3.05) is 6.61 Å². The van der Waals surface area contributed by atoms with Gasteiger partial charge in [0.05, 0.1) is 6.61 Å². The van der Waals surface area contributed by atoms with Crippen LogP contribution in [0.1, 0.15) is 42.0 Å². The monoisotopic (exact) mass is 301 g/mol. The summed E-state index contributed by atoms with van der Waals surface area (Å²) in [6, 6.07) is 14.3. The van der Waals surface area contributed by atoms with Crippen molar-refractivity contribution in [1.82, 2.24) is 0 Å². The summed E-state index contributed by atoms with van der Waals surface area (Å²) < 4.78 is 5.80. The van der Waals surface area contributed by atoms with Gasteiger partial charge in [0.25, 0.3) is 0 Å². The van der Waals surface area contributed by atoms with Crippen molar-refractivity contribution in [1.29, 1.82) is 0 Å². The summed E-state index contributed by atoms with van der Waals surface area (Å²) in [5, 5.41) is 0.743. The lowest BCUT2D eigenvalue weighted by molar-refractivity contribution is 0.348. The first-order valence-corrected chi connectivity index (χ1v) is 7.84. The number of nitrogens with two attached hydrogens (primary N) is 1. The Hall–Kier alpha value is -1.51. The number of rotatable bonds is 4. The molecule has 0 aliphatic carbocycles. The average molecular weight is 302 g/mol. The van der Waals surface area contributed by atoms with Crippen molar-refractivity contribution in [3.05, 3.63) is 64.2 Å². The van der Waals surface area contributed by atoms with Crippen LogP contribution in [0.4, 0.5) is 0 Å². The molecule has 2 atom stereocenters. The first kappa shape index (κ1) is 14.4. The maximum absolute atomic E-state index is 6.59. The maximum Gasteiger partial charge on any atom is 0.127 e. The van der Waals surface area contributed by atoms with Crippen molar-refractivity contribution >= 4 is 11.6 Å². The van der Waals surface area contributed by atoms with Gasteiger partial charge < -0.3 is 10.5 Å². The molecule has 110 valence electrons. The van der Waals surface area contributed by atoms with Crippen LogP contribution in [0.2, 0.25) is 5.02 Å². The van der Waals surface area contributed by atoms with Crippen molar-refractivity contribution < 1.29 is 4.74 Å². The fraction of sp³-hybridized carbons (Fsp3) is 0.333. The fourth-order valence-corrected chi connectivity index (χ4v) is 3.41. The van der Waals surface area contributed by atoms with E-state index in [0.717, 1.165) is 35.8 Å². The van der Waals surface area contributed by atoms with Crippen LogP contribution in [-0.4, -0.2) is 6.61 Å². The Morgan fingerprint density at radius 1 is 1.24 bits per heavy atom. The summed E-state index contributed by atoms with van der Waals surface area (Å²) in [6.07, 6.45) is 1.89. The summed E-state index contributed by atoms with van der Waals surface area (Å²) >= 11 is 6.26. The second kappa shape index (κ2) is 6.08. The normalized spacial score (nSPS) is 16.1. The number of ether oxygens (including phenoxy) is 1. The third-order valence-electron chi connectivity index (χ3n) is 4.24. The highest BCUT2D eigenvalue weighted by Gasteiger charge is 2.26. The van der Waals surface area contributed by atoms with Crippen molar-refractivity contribution in [2.24, 2.45) is 5.73 Å². The molecule has 0 aromatic heterocycles. The number of benzene rings is 2. The van der Waals surface area contributed by atoms with Crippen LogP contribution >= 0.6 is 11.6 Å². The number of hydrogen-bond donors (Lipinski definition) is 1. The molecule has 3 rings (SSSR count). The molecule has 2 aromatic rings. The largest absolute Gasteiger partial charge is 0.493 e. The zero-order valence-electron chi connectivity index (χ0n) is 12.2. The lowest BCUT2D eigenvalue weighted by Crippen LogP contribution is -2.20. The van der Waals surface area contributed by atoms with Gasteiger partial charge in [-0.15, -0.1) is 0 Å². The van der Waals surface area contributed by atoms with Gasteiger partial charge in [0.15, 0.2) is 0 Å². The highest BCUT2D eigenvalue weighted by atomic mass is 35.5.